The van der Waals surface area contributed by atoms with E-state index in [1.54, 1.807) is 6.20 Å². The lowest BCUT2D eigenvalue weighted by Gasteiger charge is -2.36. The van der Waals surface area contributed by atoms with Gasteiger partial charge >= 0.3 is 6.03 Å². The summed E-state index contributed by atoms with van der Waals surface area (Å²) in [5, 5.41) is 3.04. The second-order valence-corrected chi connectivity index (χ2v) is 6.29. The Morgan fingerprint density at radius 2 is 2.32 bits per heavy atom. The highest BCUT2D eigenvalue weighted by Gasteiger charge is 2.27. The van der Waals surface area contributed by atoms with Gasteiger partial charge in [0, 0.05) is 32.0 Å². The van der Waals surface area contributed by atoms with E-state index in [1.165, 1.54) is 0 Å². The van der Waals surface area contributed by atoms with Gasteiger partial charge in [0.15, 0.2) is 0 Å². The molecule has 2 heterocycles. The fraction of sp³-hybridized carbons (Fsp3) is 0.750. The highest BCUT2D eigenvalue weighted by Crippen LogP contribution is 2.15. The molecule has 1 fully saturated rings. The Hall–Kier alpha value is -1.56. The number of urea groups is 1. The molecule has 0 aromatic carbocycles. The summed E-state index contributed by atoms with van der Waals surface area (Å²) in [5.74, 6) is 0.567. The molecular weight excluding hydrogens is 280 g/mol. The van der Waals surface area contributed by atoms with Crippen LogP contribution in [-0.4, -0.2) is 52.8 Å². The van der Waals surface area contributed by atoms with E-state index in [2.05, 4.69) is 28.7 Å². The normalized spacial score (nSPS) is 18.7. The summed E-state index contributed by atoms with van der Waals surface area (Å²) in [4.78, 5) is 18.3. The minimum absolute atomic E-state index is 0.0524. The van der Waals surface area contributed by atoms with Crippen LogP contribution in [0.5, 0.6) is 0 Å². The molecule has 0 aliphatic carbocycles. The van der Waals surface area contributed by atoms with Crippen LogP contribution in [0.2, 0.25) is 0 Å². The average Bonchev–Trinajstić information content (AvgIpc) is 3.00. The lowest BCUT2D eigenvalue weighted by Crippen LogP contribution is -2.53. The molecule has 1 aliphatic rings. The average molecular weight is 308 g/mol. The van der Waals surface area contributed by atoms with Crippen LogP contribution in [-0.2, 0) is 11.3 Å². The number of nitrogens with zero attached hydrogens (tertiary/aromatic N) is 3. The maximum absolute atomic E-state index is 12.3. The molecule has 0 bridgehead atoms. The van der Waals surface area contributed by atoms with Crippen molar-refractivity contribution in [1.29, 1.82) is 0 Å². The number of hydrogen-bond donors (Lipinski definition) is 1. The topological polar surface area (TPSA) is 59.4 Å². The number of nitrogens with one attached hydrogen (secondary N) is 1. The Bertz CT molecular complexity index is 433. The van der Waals surface area contributed by atoms with E-state index in [9.17, 15) is 4.79 Å². The van der Waals surface area contributed by atoms with Gasteiger partial charge in [-0.1, -0.05) is 13.8 Å². The number of carbonyl (C=O) groups is 1. The number of hydrogen-bond acceptors (Lipinski definition) is 3. The van der Waals surface area contributed by atoms with Crippen LogP contribution in [0.15, 0.2) is 18.7 Å². The molecule has 6 nitrogen and oxygen atoms in total. The van der Waals surface area contributed by atoms with Gasteiger partial charge in [-0.25, -0.2) is 9.78 Å². The molecule has 0 saturated carbocycles. The number of aryl methyl sites for hydroxylation is 1. The second-order valence-electron chi connectivity index (χ2n) is 6.29. The Morgan fingerprint density at radius 1 is 1.45 bits per heavy atom. The van der Waals surface area contributed by atoms with E-state index in [0.29, 0.717) is 25.7 Å². The fourth-order valence-corrected chi connectivity index (χ4v) is 2.80. The van der Waals surface area contributed by atoms with Crippen LogP contribution < -0.4 is 5.32 Å². The molecule has 0 unspecified atom stereocenters. The summed E-state index contributed by atoms with van der Waals surface area (Å²) in [5.41, 5.74) is 0. The summed E-state index contributed by atoms with van der Waals surface area (Å²) in [6.45, 7) is 8.03. The molecule has 22 heavy (non-hydrogen) atoms. The van der Waals surface area contributed by atoms with E-state index in [-0.39, 0.29) is 12.1 Å². The SMILES string of the molecule is CC(C)C[C@H]1COCCN1C(=O)NCCCCn1ccnc1. The van der Waals surface area contributed by atoms with E-state index in [0.717, 1.165) is 32.4 Å². The summed E-state index contributed by atoms with van der Waals surface area (Å²) < 4.78 is 7.58. The van der Waals surface area contributed by atoms with Gasteiger partial charge < -0.3 is 19.5 Å². The first-order chi connectivity index (χ1) is 10.7. The van der Waals surface area contributed by atoms with E-state index >= 15 is 0 Å². The van der Waals surface area contributed by atoms with Crippen LogP contribution in [0.3, 0.4) is 0 Å². The van der Waals surface area contributed by atoms with Gasteiger partial charge in [-0.05, 0) is 25.2 Å². The predicted molar refractivity (Wildman–Crippen MR) is 85.6 cm³/mol. The Balaban J connectivity index is 1.66. The van der Waals surface area contributed by atoms with Crippen molar-refractivity contribution in [3.05, 3.63) is 18.7 Å². The molecule has 1 aromatic heterocycles. The number of amides is 2. The van der Waals surface area contributed by atoms with E-state index in [1.807, 2.05) is 17.4 Å². The molecule has 2 amide bonds. The first-order valence-electron chi connectivity index (χ1n) is 8.24. The molecule has 1 atom stereocenters. The third kappa shape index (κ3) is 5.33. The minimum atomic E-state index is 0.0524. The Labute approximate surface area is 132 Å². The van der Waals surface area contributed by atoms with Crippen molar-refractivity contribution in [1.82, 2.24) is 19.8 Å². The second kappa shape index (κ2) is 8.78. The number of aromatic nitrogens is 2. The molecule has 1 aliphatic heterocycles. The number of imidazole rings is 1. The monoisotopic (exact) mass is 308 g/mol. The zero-order valence-electron chi connectivity index (χ0n) is 13.7. The summed E-state index contributed by atoms with van der Waals surface area (Å²) >= 11 is 0. The lowest BCUT2D eigenvalue weighted by molar-refractivity contribution is 0.00560. The molecule has 1 aromatic rings. The smallest absolute Gasteiger partial charge is 0.317 e. The highest BCUT2D eigenvalue weighted by molar-refractivity contribution is 5.74. The minimum Gasteiger partial charge on any atom is -0.377 e. The molecule has 0 radical (unpaired) electrons. The maximum atomic E-state index is 12.3. The molecule has 6 heteroatoms. The van der Waals surface area contributed by atoms with Gasteiger partial charge in [0.05, 0.1) is 25.6 Å². The van der Waals surface area contributed by atoms with Crippen molar-refractivity contribution in [3.63, 3.8) is 0 Å². The van der Waals surface area contributed by atoms with Crippen molar-refractivity contribution >= 4 is 6.03 Å². The number of morpholine rings is 1. The quantitative estimate of drug-likeness (QED) is 0.785. The van der Waals surface area contributed by atoms with Crippen LogP contribution in [0.25, 0.3) is 0 Å². The highest BCUT2D eigenvalue weighted by atomic mass is 16.5. The zero-order valence-corrected chi connectivity index (χ0v) is 13.7. The molecule has 0 spiro atoms. The first-order valence-corrected chi connectivity index (χ1v) is 8.24. The maximum Gasteiger partial charge on any atom is 0.317 e. The largest absolute Gasteiger partial charge is 0.377 e. The van der Waals surface area contributed by atoms with Crippen molar-refractivity contribution in [2.75, 3.05) is 26.3 Å². The zero-order chi connectivity index (χ0) is 15.8. The van der Waals surface area contributed by atoms with E-state index < -0.39 is 0 Å². The van der Waals surface area contributed by atoms with Crippen molar-refractivity contribution in [3.8, 4) is 0 Å². The number of rotatable bonds is 7. The molecule has 1 N–H and O–H groups in total. The van der Waals surface area contributed by atoms with Crippen LogP contribution in [0.1, 0.15) is 33.1 Å². The third-order valence-corrected chi connectivity index (χ3v) is 3.91. The fourth-order valence-electron chi connectivity index (χ4n) is 2.80. The number of ether oxygens (including phenoxy) is 1. The summed E-state index contributed by atoms with van der Waals surface area (Å²) in [7, 11) is 0. The van der Waals surface area contributed by atoms with Crippen molar-refractivity contribution in [2.45, 2.75) is 45.7 Å². The van der Waals surface area contributed by atoms with Gasteiger partial charge in [-0.15, -0.1) is 0 Å². The van der Waals surface area contributed by atoms with Crippen LogP contribution >= 0.6 is 0 Å². The first kappa shape index (κ1) is 16.8. The standard InChI is InChI=1S/C16H28N4O2/c1-14(2)11-15-12-22-10-9-20(15)16(21)18-5-3-4-7-19-8-6-17-13-19/h6,8,13-15H,3-5,7,9-12H2,1-2H3,(H,18,21)/t15-/m0/s1. The summed E-state index contributed by atoms with van der Waals surface area (Å²) in [6, 6.07) is 0.260. The number of carbonyl (C=O) groups excluding carboxylic acids is 1. The molecule has 1 saturated heterocycles. The van der Waals surface area contributed by atoms with Crippen molar-refractivity contribution < 1.29 is 9.53 Å². The molecule has 124 valence electrons. The van der Waals surface area contributed by atoms with E-state index in [4.69, 9.17) is 4.74 Å². The van der Waals surface area contributed by atoms with Gasteiger partial charge in [0.2, 0.25) is 0 Å². The third-order valence-electron chi connectivity index (χ3n) is 3.91. The van der Waals surface area contributed by atoms with Gasteiger partial charge in [-0.2, -0.15) is 0 Å². The van der Waals surface area contributed by atoms with Crippen molar-refractivity contribution in [2.24, 2.45) is 5.92 Å². The van der Waals surface area contributed by atoms with Gasteiger partial charge in [0.25, 0.3) is 0 Å². The number of unbranched alkanes of at least 4 members (excludes halogenated alkanes) is 1. The van der Waals surface area contributed by atoms with Crippen LogP contribution in [0.4, 0.5) is 4.79 Å². The molecular formula is C16H28N4O2. The summed E-state index contributed by atoms with van der Waals surface area (Å²) in [6.07, 6.45) is 8.58. The van der Waals surface area contributed by atoms with Gasteiger partial charge in [-0.3, -0.25) is 0 Å². The molecule has 2 rings (SSSR count). The Morgan fingerprint density at radius 3 is 3.05 bits per heavy atom. The lowest BCUT2D eigenvalue weighted by atomic mass is 10.0. The van der Waals surface area contributed by atoms with Crippen LogP contribution in [0, 0.1) is 5.92 Å². The predicted octanol–water partition coefficient (Wildman–Crippen LogP) is 2.12. The Kier molecular flexibility index (Phi) is 6.71. The van der Waals surface area contributed by atoms with Gasteiger partial charge in [0.1, 0.15) is 0 Å².